The summed E-state index contributed by atoms with van der Waals surface area (Å²) in [5.41, 5.74) is 9.81. The Kier molecular flexibility index (Phi) is 57.3. The van der Waals surface area contributed by atoms with Crippen LogP contribution in [-0.2, 0) is 29.6 Å². The van der Waals surface area contributed by atoms with Gasteiger partial charge < -0.3 is 38.0 Å². The van der Waals surface area contributed by atoms with Crippen LogP contribution in [0.15, 0.2) is 0 Å². The molecule has 0 amide bonds. The van der Waals surface area contributed by atoms with Gasteiger partial charge in [0.1, 0.15) is 0 Å². The molecule has 0 fully saturated rings. The lowest BCUT2D eigenvalue weighted by molar-refractivity contribution is -0.135. The molecule has 0 saturated heterocycles. The topological polar surface area (TPSA) is 311 Å². The molecule has 15 nitrogen and oxygen atoms in total. The van der Waals surface area contributed by atoms with Gasteiger partial charge in [0.2, 0.25) is 0 Å². The smallest absolute Gasteiger partial charge is 0.394 e. The van der Waals surface area contributed by atoms with E-state index in [2.05, 4.69) is 0 Å². The van der Waals surface area contributed by atoms with Crippen LogP contribution in [0, 0.1) is 0 Å². The zero-order chi connectivity index (χ0) is 22.2. The molecule has 0 aliphatic carbocycles. The molecule has 0 unspecified atom stereocenters. The van der Waals surface area contributed by atoms with Crippen LogP contribution < -0.4 is 17.6 Å². The van der Waals surface area contributed by atoms with E-state index in [-0.39, 0.29) is 6.15 Å². The Bertz CT molecular complexity index is 365. The number of nitrogens with two attached hydrogens (primary N) is 2. The van der Waals surface area contributed by atoms with Crippen LogP contribution in [0.2, 0.25) is 0 Å². The molecule has 0 bridgehead atoms. The van der Waals surface area contributed by atoms with Crippen molar-refractivity contribution in [3.05, 3.63) is 0 Å². The minimum atomic E-state index is -4.67. The fourth-order valence-corrected chi connectivity index (χ4v) is 0. The number of hydrogen-bond donors (Lipinski definition) is 9. The van der Waals surface area contributed by atoms with Crippen LogP contribution >= 0.6 is 0 Å². The van der Waals surface area contributed by atoms with Crippen molar-refractivity contribution in [2.75, 3.05) is 13.1 Å². The summed E-state index contributed by atoms with van der Waals surface area (Å²) < 4.78 is 31.6. The Labute approximate surface area is 150 Å². The lowest BCUT2D eigenvalue weighted by Crippen LogP contribution is -2.11. The van der Waals surface area contributed by atoms with Crippen LogP contribution in [0.3, 0.4) is 0 Å². The first-order valence-corrected chi connectivity index (χ1v) is 7.12. The summed E-state index contributed by atoms with van der Waals surface area (Å²) in [4.78, 5) is 36.0. The number of hydrogen-bond acceptors (Lipinski definition) is 9. The monoisotopic (exact) mass is 415 g/mol. The average Bonchev–Trinajstić information content (AvgIpc) is 2.22. The lowest BCUT2D eigenvalue weighted by Gasteiger charge is -1.72. The number of aliphatic carboxylic acids is 4. The van der Waals surface area contributed by atoms with Crippen molar-refractivity contribution in [3.63, 3.8) is 0 Å². The van der Waals surface area contributed by atoms with Crippen molar-refractivity contribution in [1.29, 1.82) is 0 Å². The molecule has 0 aromatic rings. The van der Waals surface area contributed by atoms with E-state index in [1.165, 1.54) is 0 Å². The van der Waals surface area contributed by atoms with E-state index in [1.54, 1.807) is 0 Å². The highest BCUT2D eigenvalue weighted by molar-refractivity contribution is 7.79. The highest BCUT2D eigenvalue weighted by Crippen LogP contribution is 1.59. The summed E-state index contributed by atoms with van der Waals surface area (Å²) in [5, 5.41) is 29.7. The molecule has 0 atom stereocenters. The molecule has 0 rings (SSSR count). The first-order valence-electron chi connectivity index (χ1n) is 5.73. The molecule has 162 valence electrons. The van der Waals surface area contributed by atoms with Crippen LogP contribution in [0.1, 0.15) is 27.7 Å². The molecule has 0 aromatic heterocycles. The second-order valence-electron chi connectivity index (χ2n) is 3.10. The Hall–Kier alpha value is -2.37. The van der Waals surface area contributed by atoms with Crippen molar-refractivity contribution < 1.29 is 57.1 Å². The van der Waals surface area contributed by atoms with Crippen molar-refractivity contribution in [2.45, 2.75) is 27.7 Å². The van der Waals surface area contributed by atoms with E-state index in [9.17, 15) is 0 Å². The molecule has 16 heteroatoms. The van der Waals surface area contributed by atoms with E-state index in [4.69, 9.17) is 68.6 Å². The minimum Gasteiger partial charge on any atom is -0.481 e. The Morgan fingerprint density at radius 1 is 0.654 bits per heavy atom. The first kappa shape index (κ1) is 43.8. The Balaban J connectivity index is -0.0000000331. The van der Waals surface area contributed by atoms with E-state index < -0.39 is 34.3 Å². The van der Waals surface area contributed by atoms with Crippen molar-refractivity contribution >= 4 is 34.3 Å². The van der Waals surface area contributed by atoms with Crippen molar-refractivity contribution in [3.8, 4) is 0 Å². The van der Waals surface area contributed by atoms with Gasteiger partial charge in [-0.15, -0.1) is 0 Å². The molecule has 0 aromatic carbocycles. The van der Waals surface area contributed by atoms with Gasteiger partial charge in [-0.1, -0.05) is 0 Å². The fraction of sp³-hybridized carbons (Fsp3) is 0.600. The van der Waals surface area contributed by atoms with E-state index >= 15 is 0 Å². The quantitative estimate of drug-likeness (QED) is 0.226. The normalized spacial score (nSPS) is 7.23. The summed E-state index contributed by atoms with van der Waals surface area (Å²) in [6.45, 7) is 5.53. The van der Waals surface area contributed by atoms with Gasteiger partial charge in [-0.2, -0.15) is 8.42 Å². The van der Waals surface area contributed by atoms with Crippen LogP contribution in [-0.4, -0.2) is 74.9 Å². The van der Waals surface area contributed by atoms with Gasteiger partial charge >= 0.3 is 10.4 Å². The summed E-state index contributed by atoms with van der Waals surface area (Å²) in [6, 6.07) is 0. The summed E-state index contributed by atoms with van der Waals surface area (Å²) in [7, 11) is -4.67. The third-order valence-corrected chi connectivity index (χ3v) is 0.167. The highest BCUT2D eigenvalue weighted by atomic mass is 32.3. The number of carboxylic acids is 4. The van der Waals surface area contributed by atoms with Gasteiger partial charge in [-0.05, 0) is 0 Å². The van der Waals surface area contributed by atoms with Crippen LogP contribution in [0.4, 0.5) is 0 Å². The number of carbonyl (C=O) groups is 4. The maximum atomic E-state index is 9.00. The molecular formula is C10H29N3O12S. The second kappa shape index (κ2) is 34.1. The zero-order valence-corrected chi connectivity index (χ0v) is 15.6. The van der Waals surface area contributed by atoms with Gasteiger partial charge in [-0.25, -0.2) is 0 Å². The molecule has 26 heavy (non-hydrogen) atoms. The fourth-order valence-electron chi connectivity index (χ4n) is 0. The molecule has 0 heterocycles. The largest absolute Gasteiger partial charge is 0.481 e. The highest BCUT2D eigenvalue weighted by Gasteiger charge is 1.84. The van der Waals surface area contributed by atoms with Gasteiger partial charge in [-0.3, -0.25) is 28.3 Å². The minimum absolute atomic E-state index is 0. The van der Waals surface area contributed by atoms with Gasteiger partial charge in [0.15, 0.2) is 0 Å². The summed E-state index contributed by atoms with van der Waals surface area (Å²) in [5.74, 6) is -3.33. The van der Waals surface area contributed by atoms with Gasteiger partial charge in [0.25, 0.3) is 23.9 Å². The van der Waals surface area contributed by atoms with Crippen LogP contribution in [0.25, 0.3) is 0 Å². The Morgan fingerprint density at radius 3 is 0.692 bits per heavy atom. The lowest BCUT2D eigenvalue weighted by atomic mass is 10.7. The van der Waals surface area contributed by atoms with Gasteiger partial charge in [0.05, 0.1) is 0 Å². The van der Waals surface area contributed by atoms with E-state index in [0.717, 1.165) is 27.7 Å². The molecular weight excluding hydrogens is 386 g/mol. The molecule has 0 saturated carbocycles. The summed E-state index contributed by atoms with van der Waals surface area (Å²) in [6.07, 6.45) is 0. The first-order chi connectivity index (χ1) is 10.8. The maximum absolute atomic E-state index is 9.00. The van der Waals surface area contributed by atoms with Crippen LogP contribution in [0.5, 0.6) is 0 Å². The SMILES string of the molecule is CC(=O)O.CC(=O)O.CC(=O)O.CC(=O)O.N.NCCN.O=S(=O)(O)O. The van der Waals surface area contributed by atoms with Crippen molar-refractivity contribution in [1.82, 2.24) is 6.15 Å². The molecule has 0 spiro atoms. The van der Waals surface area contributed by atoms with E-state index in [1.807, 2.05) is 0 Å². The molecule has 13 N–H and O–H groups in total. The molecule has 0 aliphatic heterocycles. The molecule has 0 radical (unpaired) electrons. The number of carboxylic acid groups (broad SMARTS) is 4. The maximum Gasteiger partial charge on any atom is 0.394 e. The predicted octanol–water partition coefficient (Wildman–Crippen LogP) is -1.22. The predicted molar refractivity (Wildman–Crippen MR) is 90.5 cm³/mol. The Morgan fingerprint density at radius 2 is 0.692 bits per heavy atom. The third kappa shape index (κ3) is 4900. The second-order valence-corrected chi connectivity index (χ2v) is 4.00. The van der Waals surface area contributed by atoms with Crippen molar-refractivity contribution in [2.24, 2.45) is 11.5 Å². The van der Waals surface area contributed by atoms with Gasteiger partial charge in [0, 0.05) is 40.8 Å². The summed E-state index contributed by atoms with van der Waals surface area (Å²) >= 11 is 0. The average molecular weight is 415 g/mol. The van der Waals surface area contributed by atoms with E-state index in [0.29, 0.717) is 13.1 Å². The third-order valence-electron chi connectivity index (χ3n) is 0.167. The standard InChI is InChI=1S/C2H8N2.4C2H4O2.H3N.H2O4S/c3-1-2-4;4*1-2(3)4;;1-5(2,3)4/h1-4H2;4*1H3,(H,3,4);1H3;(H2,1,2,3,4). The zero-order valence-electron chi connectivity index (χ0n) is 14.8. The number of rotatable bonds is 1. The molecule has 0 aliphatic rings.